The monoisotopic (exact) mass is 352 g/mol. The predicted octanol–water partition coefficient (Wildman–Crippen LogP) is 4.94. The summed E-state index contributed by atoms with van der Waals surface area (Å²) in [5.74, 6) is -0.649. The molecular formula is C19H19F3O3. The molecular weight excluding hydrogens is 333 g/mol. The molecule has 0 aliphatic rings. The Morgan fingerprint density at radius 2 is 1.60 bits per heavy atom. The van der Waals surface area contributed by atoms with Crippen LogP contribution in [0, 0.1) is 0 Å². The van der Waals surface area contributed by atoms with E-state index in [-0.39, 0.29) is 11.3 Å². The maximum atomic E-state index is 12.2. The lowest BCUT2D eigenvalue weighted by Crippen LogP contribution is -2.08. The maximum Gasteiger partial charge on any atom is 0.416 e. The van der Waals surface area contributed by atoms with Crippen LogP contribution in [0.3, 0.4) is 0 Å². The average Bonchev–Trinajstić information content (AvgIpc) is 2.61. The first-order valence-corrected chi connectivity index (χ1v) is 7.54. The topological polar surface area (TPSA) is 43.4 Å². The molecule has 0 amide bonds. The number of aryl methyl sites for hydroxylation is 1. The van der Waals surface area contributed by atoms with E-state index in [0.29, 0.717) is 0 Å². The summed E-state index contributed by atoms with van der Waals surface area (Å²) < 4.78 is 40.8. The Bertz CT molecular complexity index is 719. The van der Waals surface area contributed by atoms with E-state index < -0.39 is 17.7 Å². The van der Waals surface area contributed by atoms with Gasteiger partial charge in [-0.05, 0) is 37.1 Å². The van der Waals surface area contributed by atoms with Gasteiger partial charge in [-0.2, -0.15) is 13.2 Å². The number of carbonyl (C=O) groups is 2. The molecule has 0 N–H and O–H groups in total. The molecule has 134 valence electrons. The lowest BCUT2D eigenvalue weighted by Gasteiger charge is -2.07. The Morgan fingerprint density at radius 3 is 2.04 bits per heavy atom. The summed E-state index contributed by atoms with van der Waals surface area (Å²) in [6.07, 6.45) is -3.41. The maximum absolute atomic E-state index is 12.2. The van der Waals surface area contributed by atoms with Crippen molar-refractivity contribution in [3.05, 3.63) is 70.8 Å². The van der Waals surface area contributed by atoms with Crippen molar-refractivity contribution in [3.8, 4) is 0 Å². The number of ketones is 1. The minimum absolute atomic E-state index is 0.109. The van der Waals surface area contributed by atoms with Crippen LogP contribution in [0.5, 0.6) is 0 Å². The molecule has 0 aliphatic carbocycles. The van der Waals surface area contributed by atoms with E-state index in [9.17, 15) is 22.8 Å². The van der Waals surface area contributed by atoms with Gasteiger partial charge in [-0.15, -0.1) is 0 Å². The normalized spacial score (nSPS) is 10.5. The van der Waals surface area contributed by atoms with Crippen molar-refractivity contribution in [2.75, 3.05) is 7.11 Å². The molecule has 0 saturated carbocycles. The largest absolute Gasteiger partial charge is 0.465 e. The molecule has 0 aromatic heterocycles. The average molecular weight is 352 g/mol. The number of hydrogen-bond donors (Lipinski definition) is 0. The summed E-state index contributed by atoms with van der Waals surface area (Å²) in [5, 5.41) is 0. The third-order valence-corrected chi connectivity index (χ3v) is 3.38. The number of benzene rings is 2. The summed E-state index contributed by atoms with van der Waals surface area (Å²) in [6, 6.07) is 11.8. The third-order valence-electron chi connectivity index (χ3n) is 3.38. The van der Waals surface area contributed by atoms with E-state index in [4.69, 9.17) is 0 Å². The number of methoxy groups -OCH3 is 1. The first-order valence-electron chi connectivity index (χ1n) is 7.54. The van der Waals surface area contributed by atoms with Gasteiger partial charge in [-0.25, -0.2) is 4.79 Å². The van der Waals surface area contributed by atoms with Gasteiger partial charge in [0.15, 0.2) is 5.78 Å². The SMILES string of the molecule is CCc1ccc(C(C)=O)cc1.COC(=O)c1cccc(C(F)(F)F)c1. The summed E-state index contributed by atoms with van der Waals surface area (Å²) >= 11 is 0. The molecule has 0 spiro atoms. The van der Waals surface area contributed by atoms with E-state index >= 15 is 0 Å². The van der Waals surface area contributed by atoms with Crippen molar-refractivity contribution in [2.45, 2.75) is 26.4 Å². The van der Waals surface area contributed by atoms with E-state index in [2.05, 4.69) is 11.7 Å². The van der Waals surface area contributed by atoms with Crippen molar-refractivity contribution in [2.24, 2.45) is 0 Å². The summed E-state index contributed by atoms with van der Waals surface area (Å²) in [5.41, 5.74) is 1.10. The number of esters is 1. The zero-order valence-corrected chi connectivity index (χ0v) is 14.2. The van der Waals surface area contributed by atoms with Crippen LogP contribution in [0.25, 0.3) is 0 Å². The van der Waals surface area contributed by atoms with E-state index in [1.165, 1.54) is 11.6 Å². The molecule has 0 fully saturated rings. The smallest absolute Gasteiger partial charge is 0.416 e. The van der Waals surface area contributed by atoms with Gasteiger partial charge in [0, 0.05) is 5.56 Å². The van der Waals surface area contributed by atoms with E-state index in [1.54, 1.807) is 6.92 Å². The number of rotatable bonds is 3. The van der Waals surface area contributed by atoms with Crippen LogP contribution in [-0.2, 0) is 17.3 Å². The van der Waals surface area contributed by atoms with E-state index in [1.807, 2.05) is 24.3 Å². The van der Waals surface area contributed by atoms with Gasteiger partial charge in [0.1, 0.15) is 0 Å². The Kier molecular flexibility index (Phi) is 7.36. The summed E-state index contributed by atoms with van der Waals surface area (Å²) in [4.78, 5) is 21.7. The molecule has 0 radical (unpaired) electrons. The molecule has 25 heavy (non-hydrogen) atoms. The van der Waals surface area contributed by atoms with Crippen molar-refractivity contribution in [1.82, 2.24) is 0 Å². The van der Waals surface area contributed by atoms with Crippen LogP contribution < -0.4 is 0 Å². The minimum Gasteiger partial charge on any atom is -0.465 e. The molecule has 0 saturated heterocycles. The molecule has 2 aromatic carbocycles. The predicted molar refractivity (Wildman–Crippen MR) is 88.6 cm³/mol. The van der Waals surface area contributed by atoms with Gasteiger partial charge in [0.05, 0.1) is 18.2 Å². The number of halogens is 3. The molecule has 0 aliphatic heterocycles. The van der Waals surface area contributed by atoms with Crippen molar-refractivity contribution in [3.63, 3.8) is 0 Å². The summed E-state index contributed by atoms with van der Waals surface area (Å²) in [6.45, 7) is 3.68. The lowest BCUT2D eigenvalue weighted by atomic mass is 10.1. The first-order chi connectivity index (χ1) is 11.7. The number of Topliss-reactive ketones (excluding diaryl/α,β-unsaturated/α-hetero) is 1. The molecule has 2 rings (SSSR count). The van der Waals surface area contributed by atoms with E-state index in [0.717, 1.165) is 37.3 Å². The number of ether oxygens (including phenoxy) is 1. The Balaban J connectivity index is 0.000000257. The standard InChI is InChI=1S/C10H12O.C9H7F3O2/c1-3-9-4-6-10(7-5-9)8(2)11;1-14-8(13)6-3-2-4-7(5-6)9(10,11)12/h4-7H,3H2,1-2H3;2-5H,1H3. The summed E-state index contributed by atoms with van der Waals surface area (Å²) in [7, 11) is 1.11. The minimum atomic E-state index is -4.44. The second-order valence-electron chi connectivity index (χ2n) is 5.18. The Hall–Kier alpha value is -2.63. The number of alkyl halides is 3. The van der Waals surface area contributed by atoms with Gasteiger partial charge in [-0.1, -0.05) is 37.3 Å². The molecule has 0 bridgehead atoms. The lowest BCUT2D eigenvalue weighted by molar-refractivity contribution is -0.137. The quantitative estimate of drug-likeness (QED) is 0.580. The molecule has 0 heterocycles. The van der Waals surface area contributed by atoms with Crippen LogP contribution in [0.2, 0.25) is 0 Å². The fourth-order valence-electron chi connectivity index (χ4n) is 1.92. The Morgan fingerprint density at radius 1 is 1.00 bits per heavy atom. The zero-order valence-electron chi connectivity index (χ0n) is 14.2. The van der Waals surface area contributed by atoms with Crippen molar-refractivity contribution in [1.29, 1.82) is 0 Å². The molecule has 0 unspecified atom stereocenters. The van der Waals surface area contributed by atoms with Crippen LogP contribution in [0.15, 0.2) is 48.5 Å². The van der Waals surface area contributed by atoms with Gasteiger partial charge in [0.2, 0.25) is 0 Å². The van der Waals surface area contributed by atoms with Gasteiger partial charge in [0.25, 0.3) is 0 Å². The second-order valence-corrected chi connectivity index (χ2v) is 5.18. The van der Waals surface area contributed by atoms with Gasteiger partial charge >= 0.3 is 12.1 Å². The highest BCUT2D eigenvalue weighted by Crippen LogP contribution is 2.29. The van der Waals surface area contributed by atoms with Crippen molar-refractivity contribution < 1.29 is 27.5 Å². The van der Waals surface area contributed by atoms with Crippen molar-refractivity contribution >= 4 is 11.8 Å². The zero-order chi connectivity index (χ0) is 19.0. The third kappa shape index (κ3) is 6.41. The van der Waals surface area contributed by atoms with Crippen LogP contribution in [0.1, 0.15) is 45.7 Å². The van der Waals surface area contributed by atoms with Crippen LogP contribution in [0.4, 0.5) is 13.2 Å². The molecule has 3 nitrogen and oxygen atoms in total. The molecule has 0 atom stereocenters. The first kappa shape index (κ1) is 20.4. The highest BCUT2D eigenvalue weighted by atomic mass is 19.4. The van der Waals surface area contributed by atoms with Crippen LogP contribution >= 0.6 is 0 Å². The highest BCUT2D eigenvalue weighted by Gasteiger charge is 2.30. The molecule has 2 aromatic rings. The highest BCUT2D eigenvalue weighted by molar-refractivity contribution is 5.94. The second kappa shape index (κ2) is 9.01. The Labute approximate surface area is 144 Å². The molecule has 6 heteroatoms. The number of carbonyl (C=O) groups excluding carboxylic acids is 2. The number of hydrogen-bond acceptors (Lipinski definition) is 3. The van der Waals surface area contributed by atoms with Gasteiger partial charge < -0.3 is 4.74 Å². The fourth-order valence-corrected chi connectivity index (χ4v) is 1.92. The van der Waals surface area contributed by atoms with Crippen LogP contribution in [-0.4, -0.2) is 18.9 Å². The fraction of sp³-hybridized carbons (Fsp3) is 0.263. The van der Waals surface area contributed by atoms with Gasteiger partial charge in [-0.3, -0.25) is 4.79 Å².